The average Bonchev–Trinajstić information content (AvgIpc) is 3.13. The summed E-state index contributed by atoms with van der Waals surface area (Å²) in [5.74, 6) is -1.44. The third-order valence-corrected chi connectivity index (χ3v) is 3.21. The smallest absolute Gasteiger partial charge is 0.341 e. The second-order valence-corrected chi connectivity index (χ2v) is 4.49. The number of aromatic nitrogens is 1. The van der Waals surface area contributed by atoms with E-state index in [1.165, 1.54) is 12.3 Å². The van der Waals surface area contributed by atoms with Gasteiger partial charge in [-0.1, -0.05) is 6.07 Å². The molecule has 1 aromatic heterocycles. The molecule has 0 unspecified atom stereocenters. The van der Waals surface area contributed by atoms with E-state index < -0.39 is 11.4 Å². The Morgan fingerprint density at radius 3 is 2.67 bits per heavy atom. The Hall–Kier alpha value is -2.30. The molecule has 18 heavy (non-hydrogen) atoms. The van der Waals surface area contributed by atoms with Gasteiger partial charge in [-0.05, 0) is 25.0 Å². The van der Waals surface area contributed by atoms with Crippen molar-refractivity contribution in [3.8, 4) is 5.75 Å². The van der Waals surface area contributed by atoms with E-state index in [2.05, 4.69) is 0 Å². The van der Waals surface area contributed by atoms with Crippen LogP contribution in [0.3, 0.4) is 0 Å². The van der Waals surface area contributed by atoms with Gasteiger partial charge in [0.05, 0.1) is 10.9 Å². The van der Waals surface area contributed by atoms with Crippen molar-refractivity contribution in [2.75, 3.05) is 0 Å². The van der Waals surface area contributed by atoms with Crippen LogP contribution in [0.1, 0.15) is 29.2 Å². The zero-order valence-corrected chi connectivity index (χ0v) is 9.46. The molecule has 0 amide bonds. The van der Waals surface area contributed by atoms with Gasteiger partial charge in [-0.2, -0.15) is 0 Å². The average molecular weight is 245 g/mol. The molecule has 0 saturated heterocycles. The van der Waals surface area contributed by atoms with E-state index in [9.17, 15) is 14.7 Å². The van der Waals surface area contributed by atoms with Crippen molar-refractivity contribution in [2.24, 2.45) is 0 Å². The summed E-state index contributed by atoms with van der Waals surface area (Å²) in [6.45, 7) is 0. The summed E-state index contributed by atoms with van der Waals surface area (Å²) < 4.78 is 1.78. The minimum absolute atomic E-state index is 0.0873. The molecule has 5 nitrogen and oxygen atoms in total. The maximum atomic E-state index is 12.0. The van der Waals surface area contributed by atoms with Crippen molar-refractivity contribution in [3.05, 3.63) is 40.2 Å². The number of hydrogen-bond donors (Lipinski definition) is 2. The molecule has 5 heteroatoms. The maximum Gasteiger partial charge on any atom is 0.341 e. The van der Waals surface area contributed by atoms with Crippen molar-refractivity contribution in [3.63, 3.8) is 0 Å². The molecule has 2 aromatic rings. The predicted octanol–water partition coefficient (Wildman–Crippen LogP) is 1.74. The summed E-state index contributed by atoms with van der Waals surface area (Å²) in [4.78, 5) is 23.1. The highest BCUT2D eigenvalue weighted by Gasteiger charge is 2.27. The SMILES string of the molecule is O=C(O)c1cn(C2CC2)c2cccc(O)c2c1=O. The van der Waals surface area contributed by atoms with Crippen molar-refractivity contribution in [1.82, 2.24) is 4.57 Å². The number of benzene rings is 1. The Bertz CT molecular complexity index is 713. The largest absolute Gasteiger partial charge is 0.507 e. The Balaban J connectivity index is 2.47. The third kappa shape index (κ3) is 1.48. The summed E-state index contributed by atoms with van der Waals surface area (Å²) in [7, 11) is 0. The molecule has 1 fully saturated rings. The number of fused-ring (bicyclic) bond motifs is 1. The first-order valence-corrected chi connectivity index (χ1v) is 5.69. The number of phenols is 1. The van der Waals surface area contributed by atoms with Crippen LogP contribution in [-0.2, 0) is 0 Å². The number of phenolic OH excluding ortho intramolecular Hbond substituents is 1. The van der Waals surface area contributed by atoms with E-state index in [1.807, 2.05) is 0 Å². The van der Waals surface area contributed by atoms with E-state index in [0.717, 1.165) is 12.8 Å². The van der Waals surface area contributed by atoms with Crippen LogP contribution in [0.5, 0.6) is 5.75 Å². The molecule has 0 bridgehead atoms. The molecule has 0 radical (unpaired) electrons. The summed E-state index contributed by atoms with van der Waals surface area (Å²) in [6.07, 6.45) is 3.31. The van der Waals surface area contributed by atoms with E-state index in [-0.39, 0.29) is 22.7 Å². The zero-order chi connectivity index (χ0) is 12.9. The molecule has 0 atom stereocenters. The van der Waals surface area contributed by atoms with E-state index >= 15 is 0 Å². The molecule has 0 aliphatic heterocycles. The monoisotopic (exact) mass is 245 g/mol. The lowest BCUT2D eigenvalue weighted by atomic mass is 10.1. The van der Waals surface area contributed by atoms with Gasteiger partial charge in [-0.3, -0.25) is 4.79 Å². The Kier molecular flexibility index (Phi) is 2.16. The third-order valence-electron chi connectivity index (χ3n) is 3.21. The van der Waals surface area contributed by atoms with Gasteiger partial charge in [0, 0.05) is 12.2 Å². The van der Waals surface area contributed by atoms with Crippen LogP contribution in [0.25, 0.3) is 10.9 Å². The van der Waals surface area contributed by atoms with Gasteiger partial charge in [-0.15, -0.1) is 0 Å². The quantitative estimate of drug-likeness (QED) is 0.844. The fourth-order valence-electron chi connectivity index (χ4n) is 2.19. The van der Waals surface area contributed by atoms with Crippen LogP contribution in [-0.4, -0.2) is 20.7 Å². The van der Waals surface area contributed by atoms with Crippen molar-refractivity contribution < 1.29 is 15.0 Å². The van der Waals surface area contributed by atoms with E-state index in [4.69, 9.17) is 5.11 Å². The second kappa shape index (κ2) is 3.60. The molecule has 2 N–H and O–H groups in total. The van der Waals surface area contributed by atoms with E-state index in [0.29, 0.717) is 5.52 Å². The highest BCUT2D eigenvalue weighted by Crippen LogP contribution is 2.37. The number of carbonyl (C=O) groups is 1. The fraction of sp³-hybridized carbons (Fsp3) is 0.231. The molecule has 1 aromatic carbocycles. The molecular formula is C13H11NO4. The lowest BCUT2D eigenvalue weighted by molar-refractivity contribution is 0.0695. The number of carboxylic acid groups (broad SMARTS) is 1. The number of nitrogens with zero attached hydrogens (tertiary/aromatic N) is 1. The zero-order valence-electron chi connectivity index (χ0n) is 9.46. The maximum absolute atomic E-state index is 12.0. The summed E-state index contributed by atoms with van der Waals surface area (Å²) in [5.41, 5.74) is -0.337. The summed E-state index contributed by atoms with van der Waals surface area (Å²) in [5, 5.41) is 18.9. The van der Waals surface area contributed by atoms with Crippen LogP contribution in [0.2, 0.25) is 0 Å². The molecule has 92 valence electrons. The van der Waals surface area contributed by atoms with Crippen LogP contribution in [0.15, 0.2) is 29.2 Å². The standard InChI is InChI=1S/C13H11NO4/c15-10-3-1-2-9-11(10)12(16)8(13(17)18)6-14(9)7-4-5-7/h1-3,6-7,15H,4-5H2,(H,17,18). The molecule has 0 spiro atoms. The fourth-order valence-corrected chi connectivity index (χ4v) is 2.19. The van der Waals surface area contributed by atoms with Crippen LogP contribution in [0, 0.1) is 0 Å². The topological polar surface area (TPSA) is 79.5 Å². The van der Waals surface area contributed by atoms with Gasteiger partial charge in [0.1, 0.15) is 11.3 Å². The number of pyridine rings is 1. The summed E-state index contributed by atoms with van der Waals surface area (Å²) >= 11 is 0. The first-order valence-electron chi connectivity index (χ1n) is 5.69. The number of carboxylic acids is 1. The van der Waals surface area contributed by atoms with Gasteiger partial charge < -0.3 is 14.8 Å². The molecular weight excluding hydrogens is 234 g/mol. The number of rotatable bonds is 2. The van der Waals surface area contributed by atoms with Crippen molar-refractivity contribution in [2.45, 2.75) is 18.9 Å². The van der Waals surface area contributed by atoms with Gasteiger partial charge in [0.25, 0.3) is 0 Å². The van der Waals surface area contributed by atoms with E-state index in [1.54, 1.807) is 16.7 Å². The van der Waals surface area contributed by atoms with Crippen LogP contribution in [0.4, 0.5) is 0 Å². The van der Waals surface area contributed by atoms with Gasteiger partial charge in [0.2, 0.25) is 5.43 Å². The minimum atomic E-state index is -1.26. The number of aromatic carboxylic acids is 1. The highest BCUT2D eigenvalue weighted by atomic mass is 16.4. The van der Waals surface area contributed by atoms with Crippen LogP contribution < -0.4 is 5.43 Å². The first-order chi connectivity index (χ1) is 8.59. The summed E-state index contributed by atoms with van der Waals surface area (Å²) in [6, 6.07) is 5.00. The Morgan fingerprint density at radius 1 is 1.33 bits per heavy atom. The van der Waals surface area contributed by atoms with Crippen molar-refractivity contribution >= 4 is 16.9 Å². The minimum Gasteiger partial charge on any atom is -0.507 e. The first kappa shape index (κ1) is 10.8. The van der Waals surface area contributed by atoms with Crippen LogP contribution >= 0.6 is 0 Å². The van der Waals surface area contributed by atoms with Gasteiger partial charge in [0.15, 0.2) is 0 Å². The molecule has 1 aliphatic carbocycles. The Labute approximate surface area is 102 Å². The second-order valence-electron chi connectivity index (χ2n) is 4.49. The highest BCUT2D eigenvalue weighted by molar-refractivity contribution is 5.94. The molecule has 1 aliphatic rings. The predicted molar refractivity (Wildman–Crippen MR) is 65.1 cm³/mol. The lowest BCUT2D eigenvalue weighted by Gasteiger charge is -2.11. The molecule has 1 heterocycles. The number of hydrogen-bond acceptors (Lipinski definition) is 3. The lowest BCUT2D eigenvalue weighted by Crippen LogP contribution is -2.18. The normalized spacial score (nSPS) is 14.9. The number of aromatic hydroxyl groups is 1. The van der Waals surface area contributed by atoms with Gasteiger partial charge in [-0.25, -0.2) is 4.79 Å². The molecule has 1 saturated carbocycles. The molecule has 3 rings (SSSR count). The Morgan fingerprint density at radius 2 is 2.06 bits per heavy atom. The van der Waals surface area contributed by atoms with Gasteiger partial charge >= 0.3 is 5.97 Å². The van der Waals surface area contributed by atoms with Crippen molar-refractivity contribution in [1.29, 1.82) is 0 Å².